The number of halogens is 1. The van der Waals surface area contributed by atoms with Gasteiger partial charge in [-0.2, -0.15) is 5.10 Å². The van der Waals surface area contributed by atoms with E-state index in [1.165, 1.54) is 12.1 Å². The summed E-state index contributed by atoms with van der Waals surface area (Å²) in [7, 11) is 0. The van der Waals surface area contributed by atoms with Crippen LogP contribution in [0.4, 0.5) is 4.39 Å². The van der Waals surface area contributed by atoms with Gasteiger partial charge < -0.3 is 10.2 Å². The summed E-state index contributed by atoms with van der Waals surface area (Å²) in [5.41, 5.74) is 0.693. The molecule has 1 aromatic carbocycles. The number of aryl methyl sites for hydroxylation is 1. The summed E-state index contributed by atoms with van der Waals surface area (Å²) in [6.45, 7) is 1.61. The Kier molecular flexibility index (Phi) is 2.55. The first-order valence-corrected chi connectivity index (χ1v) is 4.77. The zero-order chi connectivity index (χ0) is 12.6. The predicted octanol–water partition coefficient (Wildman–Crippen LogP) is 1.93. The van der Waals surface area contributed by atoms with Gasteiger partial charge in [0.1, 0.15) is 17.3 Å². The third kappa shape index (κ3) is 1.96. The minimum Gasteiger partial charge on any atom is -0.508 e. The average Bonchev–Trinajstić information content (AvgIpc) is 2.72. The van der Waals surface area contributed by atoms with Crippen LogP contribution in [-0.2, 0) is 0 Å². The molecule has 1 heterocycles. The number of benzene rings is 1. The number of nitrogens with zero attached hydrogens (tertiary/aromatic N) is 1. The van der Waals surface area contributed by atoms with Crippen molar-refractivity contribution in [1.29, 1.82) is 0 Å². The van der Waals surface area contributed by atoms with Gasteiger partial charge in [-0.3, -0.25) is 5.10 Å². The normalized spacial score (nSPS) is 10.5. The molecule has 0 saturated heterocycles. The molecule has 5 nitrogen and oxygen atoms in total. The Morgan fingerprint density at radius 1 is 1.41 bits per heavy atom. The molecule has 0 saturated carbocycles. The molecule has 0 aliphatic carbocycles. The van der Waals surface area contributed by atoms with Crippen LogP contribution < -0.4 is 0 Å². The summed E-state index contributed by atoms with van der Waals surface area (Å²) in [6, 6.07) is 3.61. The van der Waals surface area contributed by atoms with Gasteiger partial charge in [0, 0.05) is 11.6 Å². The van der Waals surface area contributed by atoms with Crippen molar-refractivity contribution in [3.8, 4) is 17.0 Å². The number of aromatic hydroxyl groups is 1. The second-order valence-corrected chi connectivity index (χ2v) is 3.59. The van der Waals surface area contributed by atoms with Gasteiger partial charge in [-0.15, -0.1) is 0 Å². The first-order chi connectivity index (χ1) is 7.99. The van der Waals surface area contributed by atoms with Crippen molar-refractivity contribution in [3.63, 3.8) is 0 Å². The number of aromatic carboxylic acids is 1. The van der Waals surface area contributed by atoms with Crippen LogP contribution in [0.25, 0.3) is 11.3 Å². The Bertz CT molecular complexity index is 592. The van der Waals surface area contributed by atoms with Gasteiger partial charge in [0.25, 0.3) is 0 Å². The van der Waals surface area contributed by atoms with Crippen LogP contribution in [0.2, 0.25) is 0 Å². The van der Waals surface area contributed by atoms with E-state index in [9.17, 15) is 14.3 Å². The number of hydrogen-bond donors (Lipinski definition) is 3. The van der Waals surface area contributed by atoms with Crippen molar-refractivity contribution < 1.29 is 19.4 Å². The molecule has 0 spiro atoms. The van der Waals surface area contributed by atoms with E-state index < -0.39 is 11.8 Å². The topological polar surface area (TPSA) is 86.2 Å². The fourth-order valence-electron chi connectivity index (χ4n) is 1.44. The average molecular weight is 236 g/mol. The summed E-state index contributed by atoms with van der Waals surface area (Å²) >= 11 is 0. The zero-order valence-electron chi connectivity index (χ0n) is 8.86. The van der Waals surface area contributed by atoms with Crippen molar-refractivity contribution in [2.45, 2.75) is 6.92 Å². The molecule has 0 atom stereocenters. The monoisotopic (exact) mass is 236 g/mol. The first-order valence-electron chi connectivity index (χ1n) is 4.77. The molecule has 0 aliphatic rings. The smallest absolute Gasteiger partial charge is 0.353 e. The third-order valence-electron chi connectivity index (χ3n) is 2.37. The molecule has 2 aromatic rings. The summed E-state index contributed by atoms with van der Waals surface area (Å²) < 4.78 is 13.6. The second kappa shape index (κ2) is 3.89. The lowest BCUT2D eigenvalue weighted by Gasteiger charge is -2.03. The second-order valence-electron chi connectivity index (χ2n) is 3.59. The fourth-order valence-corrected chi connectivity index (χ4v) is 1.44. The lowest BCUT2D eigenvalue weighted by Crippen LogP contribution is -1.95. The third-order valence-corrected chi connectivity index (χ3v) is 2.37. The molecule has 3 N–H and O–H groups in total. The molecule has 6 heteroatoms. The van der Waals surface area contributed by atoms with Crippen molar-refractivity contribution in [2.24, 2.45) is 0 Å². The van der Waals surface area contributed by atoms with Gasteiger partial charge in [-0.05, 0) is 24.6 Å². The van der Waals surface area contributed by atoms with E-state index in [2.05, 4.69) is 10.2 Å². The molecule has 0 bridgehead atoms. The van der Waals surface area contributed by atoms with Gasteiger partial charge in [-0.1, -0.05) is 0 Å². The van der Waals surface area contributed by atoms with E-state index in [0.717, 1.165) is 6.07 Å². The van der Waals surface area contributed by atoms with Crippen LogP contribution in [0.5, 0.6) is 5.75 Å². The summed E-state index contributed by atoms with van der Waals surface area (Å²) in [5, 5.41) is 24.0. The minimum absolute atomic E-state index is 0.120. The maximum atomic E-state index is 13.6. The number of aromatic amines is 1. The Morgan fingerprint density at radius 2 is 2.12 bits per heavy atom. The molecule has 88 valence electrons. The highest BCUT2D eigenvalue weighted by Gasteiger charge is 2.14. The maximum Gasteiger partial charge on any atom is 0.353 e. The first kappa shape index (κ1) is 11.1. The van der Waals surface area contributed by atoms with Crippen LogP contribution >= 0.6 is 0 Å². The van der Waals surface area contributed by atoms with E-state index in [-0.39, 0.29) is 22.7 Å². The summed E-state index contributed by atoms with van der Waals surface area (Å²) in [6.07, 6.45) is 0. The molecule has 17 heavy (non-hydrogen) atoms. The summed E-state index contributed by atoms with van der Waals surface area (Å²) in [4.78, 5) is 10.6. The van der Waals surface area contributed by atoms with Crippen LogP contribution in [0.3, 0.4) is 0 Å². The van der Waals surface area contributed by atoms with E-state index in [4.69, 9.17) is 5.11 Å². The number of phenolic OH excluding ortho intramolecular Hbond substituents is 1. The number of carboxylic acids is 1. The minimum atomic E-state index is -1.17. The number of carbonyl (C=O) groups is 1. The Labute approximate surface area is 95.5 Å². The van der Waals surface area contributed by atoms with Crippen molar-refractivity contribution in [2.75, 3.05) is 0 Å². The molecule has 0 unspecified atom stereocenters. The zero-order valence-corrected chi connectivity index (χ0v) is 8.86. The van der Waals surface area contributed by atoms with Gasteiger partial charge in [0.15, 0.2) is 0 Å². The maximum absolute atomic E-state index is 13.6. The van der Waals surface area contributed by atoms with E-state index in [1.54, 1.807) is 6.92 Å². The molecule has 0 radical (unpaired) electrons. The van der Waals surface area contributed by atoms with Crippen LogP contribution in [-0.4, -0.2) is 26.4 Å². The number of aromatic nitrogens is 2. The molecular weight excluding hydrogens is 227 g/mol. The SMILES string of the molecule is Cc1cc(-c2cc(C(=O)O)[nH]n2)c(F)cc1O. The standard InChI is InChI=1S/C11H9FN2O3/c1-5-2-6(7(12)3-10(5)15)8-4-9(11(16)17)14-13-8/h2-4,15H,1H3,(H,13,14)(H,16,17). The quantitative estimate of drug-likeness (QED) is 0.743. The highest BCUT2D eigenvalue weighted by atomic mass is 19.1. The molecule has 0 amide bonds. The molecule has 2 rings (SSSR count). The highest BCUT2D eigenvalue weighted by molar-refractivity contribution is 5.86. The lowest BCUT2D eigenvalue weighted by molar-refractivity contribution is 0.0690. The van der Waals surface area contributed by atoms with Crippen LogP contribution in [0, 0.1) is 12.7 Å². The Morgan fingerprint density at radius 3 is 2.71 bits per heavy atom. The number of rotatable bonds is 2. The van der Waals surface area contributed by atoms with Crippen molar-refractivity contribution in [3.05, 3.63) is 35.3 Å². The van der Waals surface area contributed by atoms with Crippen LogP contribution in [0.15, 0.2) is 18.2 Å². The van der Waals surface area contributed by atoms with Gasteiger partial charge in [0.05, 0.1) is 5.69 Å². The van der Waals surface area contributed by atoms with E-state index in [0.29, 0.717) is 5.56 Å². The van der Waals surface area contributed by atoms with Crippen molar-refractivity contribution in [1.82, 2.24) is 10.2 Å². The number of H-pyrrole nitrogens is 1. The van der Waals surface area contributed by atoms with Crippen molar-refractivity contribution >= 4 is 5.97 Å². The Hall–Kier alpha value is -2.37. The van der Waals surface area contributed by atoms with Crippen LogP contribution in [0.1, 0.15) is 16.1 Å². The Balaban J connectivity index is 2.52. The highest BCUT2D eigenvalue weighted by Crippen LogP contribution is 2.27. The van der Waals surface area contributed by atoms with Gasteiger partial charge in [-0.25, -0.2) is 9.18 Å². The number of nitrogens with one attached hydrogen (secondary N) is 1. The number of carboxylic acid groups (broad SMARTS) is 1. The number of hydrogen-bond acceptors (Lipinski definition) is 3. The fraction of sp³-hybridized carbons (Fsp3) is 0.0909. The van der Waals surface area contributed by atoms with Gasteiger partial charge >= 0.3 is 5.97 Å². The largest absolute Gasteiger partial charge is 0.508 e. The summed E-state index contributed by atoms with van der Waals surface area (Å²) in [5.74, 6) is -1.98. The van der Waals surface area contributed by atoms with E-state index >= 15 is 0 Å². The molecule has 0 aliphatic heterocycles. The lowest BCUT2D eigenvalue weighted by atomic mass is 10.1. The molecular formula is C11H9FN2O3. The predicted molar refractivity (Wildman–Crippen MR) is 57.3 cm³/mol. The molecule has 0 fully saturated rings. The van der Waals surface area contributed by atoms with E-state index in [1.807, 2.05) is 0 Å². The van der Waals surface area contributed by atoms with Gasteiger partial charge in [0.2, 0.25) is 0 Å². The molecule has 1 aromatic heterocycles. The number of phenols is 1.